The Hall–Kier alpha value is -4.27. The number of halogens is 3. The molecule has 0 aliphatic carbocycles. The van der Waals surface area contributed by atoms with Crippen LogP contribution in [-0.2, 0) is 11.6 Å². The van der Waals surface area contributed by atoms with Crippen LogP contribution < -0.4 is 10.6 Å². The summed E-state index contributed by atoms with van der Waals surface area (Å²) < 4.78 is 42.8. The van der Waals surface area contributed by atoms with Crippen LogP contribution in [0.3, 0.4) is 0 Å². The topological polar surface area (TPSA) is 79.8 Å². The van der Waals surface area contributed by atoms with Crippen LogP contribution in [0, 0.1) is 0 Å². The van der Waals surface area contributed by atoms with Gasteiger partial charge in [-0.3, -0.25) is 4.79 Å². The van der Waals surface area contributed by atoms with Crippen LogP contribution in [0.4, 0.5) is 30.4 Å². The average molecular weight is 492 g/mol. The first-order valence-electron chi connectivity index (χ1n) is 11.1. The number of carbonyl (C=O) groups is 1. The fourth-order valence-electron chi connectivity index (χ4n) is 3.69. The lowest BCUT2D eigenvalue weighted by molar-refractivity contribution is -0.137. The van der Waals surface area contributed by atoms with Crippen LogP contribution in [0.15, 0.2) is 79.4 Å². The third-order valence-corrected chi connectivity index (χ3v) is 5.52. The summed E-state index contributed by atoms with van der Waals surface area (Å²) in [4.78, 5) is 25.2. The van der Waals surface area contributed by atoms with Gasteiger partial charge in [0, 0.05) is 23.6 Å². The van der Waals surface area contributed by atoms with Gasteiger partial charge < -0.3 is 10.6 Å². The van der Waals surface area contributed by atoms with Gasteiger partial charge in [-0.25, -0.2) is 15.0 Å². The second kappa shape index (κ2) is 9.77. The largest absolute Gasteiger partial charge is 0.419 e. The number of anilines is 3. The minimum Gasteiger partial charge on any atom is -0.339 e. The van der Waals surface area contributed by atoms with Crippen molar-refractivity contribution < 1.29 is 18.0 Å². The standard InChI is InChI=1S/C27H24F3N5O/c1-26(2,3)17-9-11-18(12-10-17)34-25(36)20-6-4-8-22(23(20)27(28,29)30)35-24-19(7-5-14-32-24)21-13-15-31-16-33-21/h4-16H,1-3H3,(H,32,35)(H,34,36). The first kappa shape index (κ1) is 24.8. The van der Waals surface area contributed by atoms with Crippen molar-refractivity contribution in [2.75, 3.05) is 10.6 Å². The van der Waals surface area contributed by atoms with Gasteiger partial charge in [0.1, 0.15) is 12.1 Å². The summed E-state index contributed by atoms with van der Waals surface area (Å²) >= 11 is 0. The Balaban J connectivity index is 1.69. The Morgan fingerprint density at radius 1 is 0.861 bits per heavy atom. The monoisotopic (exact) mass is 491 g/mol. The van der Waals surface area contributed by atoms with Crippen molar-refractivity contribution >= 4 is 23.1 Å². The van der Waals surface area contributed by atoms with Crippen molar-refractivity contribution in [1.82, 2.24) is 15.0 Å². The maximum Gasteiger partial charge on any atom is 0.419 e. The highest BCUT2D eigenvalue weighted by Gasteiger charge is 2.38. The summed E-state index contributed by atoms with van der Waals surface area (Å²) in [6, 6.07) is 15.8. The van der Waals surface area contributed by atoms with Gasteiger partial charge >= 0.3 is 6.18 Å². The zero-order valence-electron chi connectivity index (χ0n) is 19.9. The van der Waals surface area contributed by atoms with Gasteiger partial charge in [-0.2, -0.15) is 13.2 Å². The van der Waals surface area contributed by atoms with E-state index in [9.17, 15) is 18.0 Å². The Bertz CT molecular complexity index is 1370. The Morgan fingerprint density at radius 2 is 1.61 bits per heavy atom. The van der Waals surface area contributed by atoms with Crippen LogP contribution >= 0.6 is 0 Å². The van der Waals surface area contributed by atoms with E-state index in [1.807, 2.05) is 32.9 Å². The van der Waals surface area contributed by atoms with Crippen LogP contribution in [0.1, 0.15) is 42.3 Å². The van der Waals surface area contributed by atoms with Crippen LogP contribution in [0.5, 0.6) is 0 Å². The van der Waals surface area contributed by atoms with E-state index in [0.717, 1.165) is 11.6 Å². The zero-order chi connectivity index (χ0) is 25.9. The summed E-state index contributed by atoms with van der Waals surface area (Å²) in [7, 11) is 0. The lowest BCUT2D eigenvalue weighted by atomic mass is 9.87. The molecule has 9 heteroatoms. The van der Waals surface area contributed by atoms with Crippen LogP contribution in [0.2, 0.25) is 0 Å². The Kier molecular flexibility index (Phi) is 6.74. The van der Waals surface area contributed by atoms with E-state index in [1.54, 1.807) is 30.3 Å². The van der Waals surface area contributed by atoms with Gasteiger partial charge in [-0.1, -0.05) is 39.0 Å². The number of carbonyl (C=O) groups excluding carboxylic acids is 1. The van der Waals surface area contributed by atoms with E-state index in [4.69, 9.17) is 0 Å². The van der Waals surface area contributed by atoms with E-state index >= 15 is 0 Å². The number of nitrogens with one attached hydrogen (secondary N) is 2. The van der Waals surface area contributed by atoms with Crippen molar-refractivity contribution in [3.05, 3.63) is 96.1 Å². The molecule has 2 aromatic carbocycles. The molecule has 0 spiro atoms. The van der Waals surface area contributed by atoms with E-state index in [1.165, 1.54) is 30.9 Å². The van der Waals surface area contributed by atoms with Crippen LogP contribution in [0.25, 0.3) is 11.3 Å². The maximum atomic E-state index is 14.3. The molecular weight excluding hydrogens is 467 g/mol. The first-order chi connectivity index (χ1) is 17.0. The second-order valence-electron chi connectivity index (χ2n) is 9.13. The summed E-state index contributed by atoms with van der Waals surface area (Å²) in [6.45, 7) is 6.14. The Morgan fingerprint density at radius 3 is 2.25 bits per heavy atom. The molecule has 2 N–H and O–H groups in total. The first-order valence-corrected chi connectivity index (χ1v) is 11.1. The van der Waals surface area contributed by atoms with Crippen molar-refractivity contribution in [2.24, 2.45) is 0 Å². The third-order valence-electron chi connectivity index (χ3n) is 5.52. The molecule has 184 valence electrons. The normalized spacial score (nSPS) is 11.7. The summed E-state index contributed by atoms with van der Waals surface area (Å²) in [5.41, 5.74) is 0.422. The van der Waals surface area contributed by atoms with Crippen molar-refractivity contribution in [3.63, 3.8) is 0 Å². The lowest BCUT2D eigenvalue weighted by Gasteiger charge is -2.20. The average Bonchev–Trinajstić information content (AvgIpc) is 2.84. The van der Waals surface area contributed by atoms with E-state index in [2.05, 4.69) is 25.6 Å². The molecule has 0 unspecified atom stereocenters. The highest BCUT2D eigenvalue weighted by molar-refractivity contribution is 6.06. The lowest BCUT2D eigenvalue weighted by Crippen LogP contribution is -2.20. The third kappa shape index (κ3) is 5.51. The molecule has 0 saturated heterocycles. The fourth-order valence-corrected chi connectivity index (χ4v) is 3.69. The minimum atomic E-state index is -4.81. The summed E-state index contributed by atoms with van der Waals surface area (Å²) in [5.74, 6) is -0.705. The highest BCUT2D eigenvalue weighted by Crippen LogP contribution is 2.40. The summed E-state index contributed by atoms with van der Waals surface area (Å²) in [6.07, 6.45) is -0.486. The Labute approximate surface area is 206 Å². The highest BCUT2D eigenvalue weighted by atomic mass is 19.4. The van der Waals surface area contributed by atoms with Crippen molar-refractivity contribution in [3.8, 4) is 11.3 Å². The molecule has 36 heavy (non-hydrogen) atoms. The maximum absolute atomic E-state index is 14.3. The quantitative estimate of drug-likeness (QED) is 0.319. The number of pyridine rings is 1. The van der Waals surface area contributed by atoms with Crippen molar-refractivity contribution in [2.45, 2.75) is 32.4 Å². The molecule has 0 aliphatic heterocycles. The molecule has 0 fully saturated rings. The molecule has 0 atom stereocenters. The minimum absolute atomic E-state index is 0.0951. The van der Waals surface area contributed by atoms with E-state index < -0.39 is 23.2 Å². The number of alkyl halides is 3. The van der Waals surface area contributed by atoms with Crippen molar-refractivity contribution in [1.29, 1.82) is 0 Å². The number of hydrogen-bond donors (Lipinski definition) is 2. The number of aromatic nitrogens is 3. The van der Waals surface area contributed by atoms with Crippen LogP contribution in [-0.4, -0.2) is 20.9 Å². The SMILES string of the molecule is CC(C)(C)c1ccc(NC(=O)c2cccc(Nc3ncccc3-c3ccncn3)c2C(F)(F)F)cc1. The molecule has 1 amide bonds. The molecule has 4 rings (SSSR count). The molecule has 0 saturated carbocycles. The van der Waals surface area contributed by atoms with E-state index in [-0.39, 0.29) is 16.9 Å². The van der Waals surface area contributed by atoms with Gasteiger partial charge in [0.25, 0.3) is 5.91 Å². The molecule has 0 aliphatic rings. The molecule has 0 bridgehead atoms. The predicted molar refractivity (Wildman–Crippen MR) is 133 cm³/mol. The number of benzene rings is 2. The molecular formula is C27H24F3N5O. The summed E-state index contributed by atoms with van der Waals surface area (Å²) in [5, 5.41) is 5.34. The van der Waals surface area contributed by atoms with Gasteiger partial charge in [0.15, 0.2) is 0 Å². The number of nitrogens with zero attached hydrogens (tertiary/aromatic N) is 3. The number of amides is 1. The molecule has 0 radical (unpaired) electrons. The van der Waals surface area contributed by atoms with Gasteiger partial charge in [-0.15, -0.1) is 0 Å². The predicted octanol–water partition coefficient (Wildman–Crippen LogP) is 6.85. The molecule has 6 nitrogen and oxygen atoms in total. The molecule has 2 aromatic heterocycles. The smallest absolute Gasteiger partial charge is 0.339 e. The van der Waals surface area contributed by atoms with Gasteiger partial charge in [-0.05, 0) is 53.4 Å². The molecule has 2 heterocycles. The van der Waals surface area contributed by atoms with Gasteiger partial charge in [0.05, 0.1) is 22.5 Å². The van der Waals surface area contributed by atoms with E-state index in [0.29, 0.717) is 16.9 Å². The molecule has 4 aromatic rings. The van der Waals surface area contributed by atoms with Gasteiger partial charge in [0.2, 0.25) is 0 Å². The second-order valence-corrected chi connectivity index (χ2v) is 9.13. The number of hydrogen-bond acceptors (Lipinski definition) is 5. The zero-order valence-corrected chi connectivity index (χ0v) is 19.9. The fraction of sp³-hybridized carbons (Fsp3) is 0.185. The number of rotatable bonds is 5.